The van der Waals surface area contributed by atoms with Gasteiger partial charge in [0.05, 0.1) is 17.4 Å². The summed E-state index contributed by atoms with van der Waals surface area (Å²) in [5.41, 5.74) is 0.824. The molecule has 24 heavy (non-hydrogen) atoms. The van der Waals surface area contributed by atoms with Gasteiger partial charge < -0.3 is 9.47 Å². The fourth-order valence-electron chi connectivity index (χ4n) is 3.23. The molecule has 4 rings (SSSR count). The van der Waals surface area contributed by atoms with Gasteiger partial charge in [-0.05, 0) is 25.7 Å². The van der Waals surface area contributed by atoms with E-state index in [2.05, 4.69) is 10.1 Å². The molecule has 2 atom stereocenters. The van der Waals surface area contributed by atoms with Crippen LogP contribution in [0.3, 0.4) is 0 Å². The van der Waals surface area contributed by atoms with Gasteiger partial charge in [0.1, 0.15) is 11.3 Å². The number of fused-ring (bicyclic) bond motifs is 1. The summed E-state index contributed by atoms with van der Waals surface area (Å²) in [5.74, 6) is 0.560. The van der Waals surface area contributed by atoms with Crippen molar-refractivity contribution in [3.63, 3.8) is 0 Å². The van der Waals surface area contributed by atoms with E-state index in [0.29, 0.717) is 24.1 Å². The minimum atomic E-state index is -0.368. The number of nitrogens with zero attached hydrogens (tertiary/aromatic N) is 4. The van der Waals surface area contributed by atoms with Crippen LogP contribution in [-0.2, 0) is 9.47 Å². The molecule has 1 unspecified atom stereocenters. The predicted octanol–water partition coefficient (Wildman–Crippen LogP) is 3.52. The van der Waals surface area contributed by atoms with Crippen LogP contribution in [0.4, 0.5) is 10.6 Å². The van der Waals surface area contributed by atoms with Gasteiger partial charge in [-0.1, -0.05) is 18.5 Å². The quantitative estimate of drug-likeness (QED) is 0.792. The fourth-order valence-corrected chi connectivity index (χ4v) is 3.39. The second kappa shape index (κ2) is 6.22. The molecule has 0 radical (unpaired) electrons. The Labute approximate surface area is 144 Å². The third kappa shape index (κ3) is 2.61. The maximum atomic E-state index is 12.2. The number of hydrogen-bond acceptors (Lipinski definition) is 5. The maximum Gasteiger partial charge on any atom is 0.416 e. The Hall–Kier alpha value is -1.86. The molecule has 0 aromatic carbocycles. The number of aromatic nitrogens is 3. The summed E-state index contributed by atoms with van der Waals surface area (Å²) in [5, 5.41) is 5.84. The van der Waals surface area contributed by atoms with Crippen LogP contribution >= 0.6 is 11.6 Å². The molecule has 0 bridgehead atoms. The first-order valence-corrected chi connectivity index (χ1v) is 8.68. The SMILES string of the molecule is CC[C@@H]1CN(c2nn(C3CCCCO3)c3cc(Cl)ncc23)C(=O)O1. The third-order valence-corrected chi connectivity index (χ3v) is 4.76. The van der Waals surface area contributed by atoms with Gasteiger partial charge >= 0.3 is 6.09 Å². The molecule has 2 saturated heterocycles. The lowest BCUT2D eigenvalue weighted by Crippen LogP contribution is -2.26. The van der Waals surface area contributed by atoms with Crippen molar-refractivity contribution in [2.24, 2.45) is 0 Å². The highest BCUT2D eigenvalue weighted by Crippen LogP contribution is 2.34. The van der Waals surface area contributed by atoms with Crippen LogP contribution in [0.1, 0.15) is 38.8 Å². The molecule has 2 aromatic heterocycles. The van der Waals surface area contributed by atoms with Crippen LogP contribution in [0.5, 0.6) is 0 Å². The van der Waals surface area contributed by atoms with Crippen LogP contribution in [0, 0.1) is 0 Å². The molecule has 0 aliphatic carbocycles. The summed E-state index contributed by atoms with van der Waals surface area (Å²) in [6.07, 6.45) is 4.84. The van der Waals surface area contributed by atoms with Gasteiger partial charge in [0.15, 0.2) is 12.0 Å². The van der Waals surface area contributed by atoms with E-state index in [-0.39, 0.29) is 18.4 Å². The Kier molecular flexibility index (Phi) is 4.05. The normalized spacial score (nSPS) is 24.6. The van der Waals surface area contributed by atoms with Crippen molar-refractivity contribution in [1.29, 1.82) is 0 Å². The van der Waals surface area contributed by atoms with E-state index in [1.807, 2.05) is 11.6 Å². The Bertz CT molecular complexity index is 772. The lowest BCUT2D eigenvalue weighted by Gasteiger charge is -2.23. The Morgan fingerprint density at radius 1 is 1.42 bits per heavy atom. The number of cyclic esters (lactones) is 1. The molecule has 2 aliphatic heterocycles. The molecule has 0 N–H and O–H groups in total. The first-order valence-electron chi connectivity index (χ1n) is 8.31. The molecule has 2 fully saturated rings. The molecule has 1 amide bonds. The van der Waals surface area contributed by atoms with Crippen molar-refractivity contribution >= 4 is 34.4 Å². The topological polar surface area (TPSA) is 69.5 Å². The lowest BCUT2D eigenvalue weighted by atomic mass is 10.2. The van der Waals surface area contributed by atoms with E-state index in [4.69, 9.17) is 21.1 Å². The zero-order valence-electron chi connectivity index (χ0n) is 13.4. The molecule has 8 heteroatoms. The van der Waals surface area contributed by atoms with E-state index in [1.54, 1.807) is 17.2 Å². The third-order valence-electron chi connectivity index (χ3n) is 4.55. The number of ether oxygens (including phenoxy) is 2. The maximum absolute atomic E-state index is 12.2. The van der Waals surface area contributed by atoms with Crippen LogP contribution in [0.25, 0.3) is 10.9 Å². The van der Waals surface area contributed by atoms with Gasteiger partial charge in [0, 0.05) is 18.9 Å². The zero-order valence-corrected chi connectivity index (χ0v) is 14.2. The summed E-state index contributed by atoms with van der Waals surface area (Å²) < 4.78 is 13.0. The van der Waals surface area contributed by atoms with E-state index in [9.17, 15) is 4.79 Å². The van der Waals surface area contributed by atoms with Crippen LogP contribution < -0.4 is 4.90 Å². The minimum Gasteiger partial charge on any atom is -0.444 e. The molecular weight excluding hydrogens is 332 g/mol. The van der Waals surface area contributed by atoms with Gasteiger partial charge in [-0.15, -0.1) is 0 Å². The average molecular weight is 351 g/mol. The second-order valence-electron chi connectivity index (χ2n) is 6.14. The summed E-state index contributed by atoms with van der Waals surface area (Å²) >= 11 is 6.07. The average Bonchev–Trinajstić information content (AvgIpc) is 3.15. The Morgan fingerprint density at radius 3 is 3.00 bits per heavy atom. The number of pyridine rings is 1. The molecule has 2 aliphatic rings. The van der Waals surface area contributed by atoms with Crippen molar-refractivity contribution < 1.29 is 14.3 Å². The first kappa shape index (κ1) is 15.7. The van der Waals surface area contributed by atoms with Crippen LogP contribution in [-0.4, -0.2) is 40.1 Å². The van der Waals surface area contributed by atoms with Crippen LogP contribution in [0.2, 0.25) is 5.15 Å². The monoisotopic (exact) mass is 350 g/mol. The summed E-state index contributed by atoms with van der Waals surface area (Å²) in [6, 6.07) is 1.77. The number of carbonyl (C=O) groups is 1. The number of carbonyl (C=O) groups excluding carboxylic acids is 1. The van der Waals surface area contributed by atoms with Gasteiger partial charge in [0.25, 0.3) is 0 Å². The van der Waals surface area contributed by atoms with Crippen molar-refractivity contribution in [3.05, 3.63) is 17.4 Å². The molecule has 4 heterocycles. The predicted molar refractivity (Wildman–Crippen MR) is 89.3 cm³/mol. The standard InChI is InChI=1S/C16H19ClN4O3/c1-2-10-9-20(16(22)24-10)15-11-8-18-13(17)7-12(11)21(19-15)14-5-3-4-6-23-14/h7-8,10,14H,2-6,9H2,1H3/t10-,14?/m1/s1. The highest BCUT2D eigenvalue weighted by atomic mass is 35.5. The zero-order chi connectivity index (χ0) is 16.7. The first-order chi connectivity index (χ1) is 11.7. The van der Waals surface area contributed by atoms with Gasteiger partial charge in [-0.2, -0.15) is 5.10 Å². The molecule has 2 aromatic rings. The summed E-state index contributed by atoms with van der Waals surface area (Å²) in [7, 11) is 0. The van der Waals surface area contributed by atoms with Crippen molar-refractivity contribution in [1.82, 2.24) is 14.8 Å². The molecule has 0 saturated carbocycles. The van der Waals surface area contributed by atoms with Crippen molar-refractivity contribution in [2.75, 3.05) is 18.1 Å². The minimum absolute atomic E-state index is 0.108. The number of hydrogen-bond donors (Lipinski definition) is 0. The summed E-state index contributed by atoms with van der Waals surface area (Å²) in [6.45, 7) is 3.20. The summed E-state index contributed by atoms with van der Waals surface area (Å²) in [4.78, 5) is 17.9. The second-order valence-corrected chi connectivity index (χ2v) is 6.53. The number of amides is 1. The van der Waals surface area contributed by atoms with E-state index in [0.717, 1.165) is 36.6 Å². The number of rotatable bonds is 3. The van der Waals surface area contributed by atoms with Gasteiger partial charge in [-0.3, -0.25) is 4.90 Å². The molecule has 0 spiro atoms. The highest BCUT2D eigenvalue weighted by molar-refractivity contribution is 6.30. The Balaban J connectivity index is 1.80. The van der Waals surface area contributed by atoms with E-state index < -0.39 is 0 Å². The largest absolute Gasteiger partial charge is 0.444 e. The van der Waals surface area contributed by atoms with Crippen LogP contribution in [0.15, 0.2) is 12.3 Å². The number of anilines is 1. The van der Waals surface area contributed by atoms with Gasteiger partial charge in [0.2, 0.25) is 0 Å². The fraction of sp³-hybridized carbons (Fsp3) is 0.562. The number of halogens is 1. The molecule has 128 valence electrons. The van der Waals surface area contributed by atoms with Crippen molar-refractivity contribution in [2.45, 2.75) is 44.9 Å². The van der Waals surface area contributed by atoms with E-state index >= 15 is 0 Å². The van der Waals surface area contributed by atoms with Gasteiger partial charge in [-0.25, -0.2) is 14.5 Å². The Morgan fingerprint density at radius 2 is 2.29 bits per heavy atom. The molecular formula is C16H19ClN4O3. The smallest absolute Gasteiger partial charge is 0.416 e. The lowest BCUT2D eigenvalue weighted by molar-refractivity contribution is -0.0365. The van der Waals surface area contributed by atoms with E-state index in [1.165, 1.54) is 0 Å². The highest BCUT2D eigenvalue weighted by Gasteiger charge is 2.35. The molecule has 7 nitrogen and oxygen atoms in total. The van der Waals surface area contributed by atoms with Crippen molar-refractivity contribution in [3.8, 4) is 0 Å².